The Morgan fingerprint density at radius 3 is 2.68 bits per heavy atom. The van der Waals surface area contributed by atoms with Gasteiger partial charge in [0, 0.05) is 26.2 Å². The van der Waals surface area contributed by atoms with E-state index in [4.69, 9.17) is 9.73 Å². The molecule has 1 aromatic rings. The molecule has 1 aliphatic rings. The summed E-state index contributed by atoms with van der Waals surface area (Å²) in [5, 5.41) is 3.41. The average molecular weight is 459 g/mol. The van der Waals surface area contributed by atoms with Gasteiger partial charge in [-0.2, -0.15) is 0 Å². The maximum absolute atomic E-state index is 11.4. The number of methoxy groups -OCH3 is 1. The number of nitrogens with zero attached hydrogens (tertiary/aromatic N) is 2. The monoisotopic (exact) mass is 459 g/mol. The minimum atomic E-state index is -0.298. The van der Waals surface area contributed by atoms with E-state index in [0.29, 0.717) is 5.56 Å². The molecular formula is C19H30IN3O2. The molecule has 1 heterocycles. The van der Waals surface area contributed by atoms with Crippen molar-refractivity contribution in [3.63, 3.8) is 0 Å². The summed E-state index contributed by atoms with van der Waals surface area (Å²) < 4.78 is 4.72. The van der Waals surface area contributed by atoms with Crippen molar-refractivity contribution in [2.24, 2.45) is 10.9 Å². The molecule has 0 bridgehead atoms. The van der Waals surface area contributed by atoms with Crippen molar-refractivity contribution in [2.75, 3.05) is 33.3 Å². The summed E-state index contributed by atoms with van der Waals surface area (Å²) in [6.07, 6.45) is 3.41. The zero-order valence-corrected chi connectivity index (χ0v) is 17.8. The minimum Gasteiger partial charge on any atom is -0.465 e. The number of carbonyl (C=O) groups excluding carboxylic acids is 1. The van der Waals surface area contributed by atoms with E-state index in [1.807, 2.05) is 24.3 Å². The Bertz CT molecular complexity index is 560. The van der Waals surface area contributed by atoms with Crippen molar-refractivity contribution in [1.29, 1.82) is 0 Å². The van der Waals surface area contributed by atoms with Gasteiger partial charge in [-0.1, -0.05) is 19.1 Å². The number of aliphatic imine (C=N–C) groups is 1. The van der Waals surface area contributed by atoms with Gasteiger partial charge in [0.15, 0.2) is 5.96 Å². The summed E-state index contributed by atoms with van der Waals surface area (Å²) in [4.78, 5) is 18.6. The Morgan fingerprint density at radius 1 is 1.36 bits per heavy atom. The summed E-state index contributed by atoms with van der Waals surface area (Å²) in [5.41, 5.74) is 1.76. The van der Waals surface area contributed by atoms with E-state index < -0.39 is 0 Å². The molecule has 6 heteroatoms. The number of ether oxygens (including phenoxy) is 1. The van der Waals surface area contributed by atoms with Crippen LogP contribution in [0.15, 0.2) is 29.3 Å². The number of nitrogens with one attached hydrogen (secondary N) is 1. The van der Waals surface area contributed by atoms with Crippen LogP contribution in [-0.2, 0) is 11.2 Å². The Morgan fingerprint density at radius 2 is 2.08 bits per heavy atom. The molecule has 0 amide bonds. The molecule has 0 spiro atoms. The van der Waals surface area contributed by atoms with Gasteiger partial charge in [-0.3, -0.25) is 4.99 Å². The van der Waals surface area contributed by atoms with Crippen LogP contribution in [0.4, 0.5) is 0 Å². The maximum atomic E-state index is 11.4. The highest BCUT2D eigenvalue weighted by atomic mass is 127. The lowest BCUT2D eigenvalue weighted by molar-refractivity contribution is 0.0600. The summed E-state index contributed by atoms with van der Waals surface area (Å²) in [5.74, 6) is 1.46. The fourth-order valence-electron chi connectivity index (χ4n) is 3.02. The standard InChI is InChI=1S/C19H29N3O2.HI/c1-4-20-19(22-13-5-6-15(2)14-22)21-12-11-16-7-9-17(10-8-16)18(23)24-3;/h7-10,15H,4-6,11-14H2,1-3H3,(H,20,21);1H. The summed E-state index contributed by atoms with van der Waals surface area (Å²) in [6, 6.07) is 7.56. The van der Waals surface area contributed by atoms with E-state index in [9.17, 15) is 4.79 Å². The van der Waals surface area contributed by atoms with Crippen LogP contribution in [-0.4, -0.2) is 50.1 Å². The third-order valence-electron chi connectivity index (χ3n) is 4.33. The molecule has 2 rings (SSSR count). The molecule has 1 N–H and O–H groups in total. The second-order valence-electron chi connectivity index (χ2n) is 6.37. The van der Waals surface area contributed by atoms with E-state index in [1.165, 1.54) is 25.5 Å². The molecule has 5 nitrogen and oxygen atoms in total. The van der Waals surface area contributed by atoms with Crippen LogP contribution in [0.1, 0.15) is 42.6 Å². The van der Waals surface area contributed by atoms with Crippen LogP contribution in [0.5, 0.6) is 0 Å². The minimum absolute atomic E-state index is 0. The zero-order chi connectivity index (χ0) is 17.4. The van der Waals surface area contributed by atoms with E-state index >= 15 is 0 Å². The molecule has 1 unspecified atom stereocenters. The smallest absolute Gasteiger partial charge is 0.337 e. The van der Waals surface area contributed by atoms with Crippen LogP contribution in [0.2, 0.25) is 0 Å². The van der Waals surface area contributed by atoms with Crippen molar-refractivity contribution in [3.05, 3.63) is 35.4 Å². The Kier molecular flexibility index (Phi) is 9.85. The summed E-state index contributed by atoms with van der Waals surface area (Å²) >= 11 is 0. The fraction of sp³-hybridized carbons (Fsp3) is 0.579. The molecule has 0 radical (unpaired) electrons. The van der Waals surface area contributed by atoms with Gasteiger partial charge >= 0.3 is 5.97 Å². The summed E-state index contributed by atoms with van der Waals surface area (Å²) in [7, 11) is 1.40. The number of benzene rings is 1. The van der Waals surface area contributed by atoms with Crippen LogP contribution < -0.4 is 5.32 Å². The van der Waals surface area contributed by atoms with Crippen molar-refractivity contribution in [1.82, 2.24) is 10.2 Å². The lowest BCUT2D eigenvalue weighted by Crippen LogP contribution is -2.46. The van der Waals surface area contributed by atoms with Gasteiger partial charge in [-0.05, 0) is 49.8 Å². The van der Waals surface area contributed by atoms with Crippen molar-refractivity contribution in [3.8, 4) is 0 Å². The molecule has 25 heavy (non-hydrogen) atoms. The number of likely N-dealkylation sites (tertiary alicyclic amines) is 1. The van der Waals surface area contributed by atoms with Crippen molar-refractivity contribution < 1.29 is 9.53 Å². The third kappa shape index (κ3) is 6.84. The Labute approximate surface area is 168 Å². The predicted molar refractivity (Wildman–Crippen MR) is 113 cm³/mol. The molecule has 1 aromatic carbocycles. The number of guanidine groups is 1. The quantitative estimate of drug-likeness (QED) is 0.318. The number of rotatable bonds is 5. The van der Waals surface area contributed by atoms with Gasteiger partial charge in [-0.25, -0.2) is 4.79 Å². The molecule has 1 saturated heterocycles. The number of piperidine rings is 1. The first-order valence-electron chi connectivity index (χ1n) is 8.84. The van der Waals surface area contributed by atoms with E-state index in [1.54, 1.807) is 0 Å². The second kappa shape index (κ2) is 11.3. The highest BCUT2D eigenvalue weighted by Gasteiger charge is 2.18. The molecular weight excluding hydrogens is 429 g/mol. The van der Waals surface area contributed by atoms with Crippen LogP contribution in [0.25, 0.3) is 0 Å². The van der Waals surface area contributed by atoms with E-state index in [-0.39, 0.29) is 29.9 Å². The Balaban J connectivity index is 0.00000312. The first kappa shape index (κ1) is 21.7. The highest BCUT2D eigenvalue weighted by molar-refractivity contribution is 14.0. The summed E-state index contributed by atoms with van der Waals surface area (Å²) in [6.45, 7) is 8.21. The number of esters is 1. The first-order chi connectivity index (χ1) is 11.6. The van der Waals surface area contributed by atoms with Gasteiger partial charge in [0.1, 0.15) is 0 Å². The average Bonchev–Trinajstić information content (AvgIpc) is 2.61. The lowest BCUT2D eigenvalue weighted by atomic mass is 10.0. The molecule has 0 aliphatic carbocycles. The first-order valence-corrected chi connectivity index (χ1v) is 8.84. The lowest BCUT2D eigenvalue weighted by Gasteiger charge is -2.33. The van der Waals surface area contributed by atoms with Gasteiger partial charge in [0.05, 0.1) is 12.7 Å². The highest BCUT2D eigenvalue weighted by Crippen LogP contribution is 2.15. The third-order valence-corrected chi connectivity index (χ3v) is 4.33. The number of hydrogen-bond donors (Lipinski definition) is 1. The predicted octanol–water partition coefficient (Wildman–Crippen LogP) is 3.33. The normalized spacial score (nSPS) is 17.6. The number of carbonyl (C=O) groups is 1. The molecule has 1 atom stereocenters. The van der Waals surface area contributed by atoms with E-state index in [2.05, 4.69) is 24.1 Å². The fourth-order valence-corrected chi connectivity index (χ4v) is 3.02. The molecule has 0 saturated carbocycles. The second-order valence-corrected chi connectivity index (χ2v) is 6.37. The van der Waals surface area contributed by atoms with Crippen LogP contribution in [0, 0.1) is 5.92 Å². The van der Waals surface area contributed by atoms with Crippen molar-refractivity contribution in [2.45, 2.75) is 33.1 Å². The number of hydrogen-bond acceptors (Lipinski definition) is 3. The van der Waals surface area contributed by atoms with Crippen LogP contribution >= 0.6 is 24.0 Å². The van der Waals surface area contributed by atoms with Gasteiger partial charge in [-0.15, -0.1) is 24.0 Å². The molecule has 140 valence electrons. The van der Waals surface area contributed by atoms with Crippen LogP contribution in [0.3, 0.4) is 0 Å². The van der Waals surface area contributed by atoms with Crippen molar-refractivity contribution >= 4 is 35.9 Å². The molecule has 1 fully saturated rings. The van der Waals surface area contributed by atoms with Gasteiger partial charge in [0.25, 0.3) is 0 Å². The largest absolute Gasteiger partial charge is 0.465 e. The number of halogens is 1. The van der Waals surface area contributed by atoms with E-state index in [0.717, 1.165) is 44.5 Å². The SMILES string of the molecule is CCNC(=NCCc1ccc(C(=O)OC)cc1)N1CCCC(C)C1.I. The molecule has 0 aromatic heterocycles. The van der Waals surface area contributed by atoms with Gasteiger partial charge < -0.3 is 15.0 Å². The van der Waals surface area contributed by atoms with Gasteiger partial charge in [0.2, 0.25) is 0 Å². The topological polar surface area (TPSA) is 53.9 Å². The molecule has 1 aliphatic heterocycles. The maximum Gasteiger partial charge on any atom is 0.337 e. The Hall–Kier alpha value is -1.31. The zero-order valence-electron chi connectivity index (χ0n) is 15.5.